The predicted molar refractivity (Wildman–Crippen MR) is 68.4 cm³/mol. The zero-order valence-corrected chi connectivity index (χ0v) is 10.5. The Balaban J connectivity index is 1.98. The molecule has 0 aromatic heterocycles. The SMILES string of the molecule is C[C@H]1CN(Cc2ccccc2)C[C@@H](C(=O)NN)O1. The number of carbonyl (C=O) groups excluding carboxylic acids is 1. The summed E-state index contributed by atoms with van der Waals surface area (Å²) in [5.74, 6) is 4.88. The minimum atomic E-state index is -0.484. The van der Waals surface area contributed by atoms with Crippen LogP contribution in [0.25, 0.3) is 0 Å². The summed E-state index contributed by atoms with van der Waals surface area (Å²) in [6.07, 6.45) is -0.452. The summed E-state index contributed by atoms with van der Waals surface area (Å²) in [4.78, 5) is 13.7. The molecule has 5 nitrogen and oxygen atoms in total. The van der Waals surface area contributed by atoms with Crippen molar-refractivity contribution in [1.82, 2.24) is 10.3 Å². The minimum absolute atomic E-state index is 0.0322. The molecule has 2 rings (SSSR count). The van der Waals surface area contributed by atoms with Crippen LogP contribution in [0.15, 0.2) is 30.3 Å². The van der Waals surface area contributed by atoms with Gasteiger partial charge in [0.1, 0.15) is 0 Å². The van der Waals surface area contributed by atoms with E-state index in [0.29, 0.717) is 6.54 Å². The van der Waals surface area contributed by atoms with Crippen molar-refractivity contribution in [2.24, 2.45) is 5.84 Å². The lowest BCUT2D eigenvalue weighted by Crippen LogP contribution is -2.53. The van der Waals surface area contributed by atoms with Gasteiger partial charge >= 0.3 is 0 Å². The molecule has 1 fully saturated rings. The van der Waals surface area contributed by atoms with Crippen molar-refractivity contribution >= 4 is 5.91 Å². The Labute approximate surface area is 107 Å². The topological polar surface area (TPSA) is 67.6 Å². The molecule has 98 valence electrons. The van der Waals surface area contributed by atoms with E-state index in [4.69, 9.17) is 10.6 Å². The Hall–Kier alpha value is -1.43. The Kier molecular flexibility index (Phi) is 4.30. The normalized spacial score (nSPS) is 24.8. The highest BCUT2D eigenvalue weighted by molar-refractivity contribution is 5.80. The van der Waals surface area contributed by atoms with Gasteiger partial charge in [0.2, 0.25) is 0 Å². The van der Waals surface area contributed by atoms with Crippen molar-refractivity contribution in [3.8, 4) is 0 Å². The Morgan fingerprint density at radius 3 is 2.83 bits per heavy atom. The third kappa shape index (κ3) is 3.29. The second kappa shape index (κ2) is 5.95. The van der Waals surface area contributed by atoms with Crippen LogP contribution >= 0.6 is 0 Å². The van der Waals surface area contributed by atoms with E-state index >= 15 is 0 Å². The monoisotopic (exact) mass is 249 g/mol. The highest BCUT2D eigenvalue weighted by atomic mass is 16.5. The second-order valence-corrected chi connectivity index (χ2v) is 4.62. The smallest absolute Gasteiger partial charge is 0.264 e. The molecule has 1 aliphatic heterocycles. The summed E-state index contributed by atoms with van der Waals surface area (Å²) in [5.41, 5.74) is 3.38. The van der Waals surface area contributed by atoms with Crippen LogP contribution in [-0.2, 0) is 16.1 Å². The molecule has 1 aliphatic rings. The predicted octanol–water partition coefficient (Wildman–Crippen LogP) is 0.266. The van der Waals surface area contributed by atoms with E-state index in [-0.39, 0.29) is 12.0 Å². The first-order chi connectivity index (χ1) is 8.69. The number of benzene rings is 1. The molecule has 0 aliphatic carbocycles. The molecule has 18 heavy (non-hydrogen) atoms. The van der Waals surface area contributed by atoms with E-state index in [9.17, 15) is 4.79 Å². The van der Waals surface area contributed by atoms with Gasteiger partial charge in [0.15, 0.2) is 6.10 Å². The fourth-order valence-corrected chi connectivity index (χ4v) is 2.25. The first-order valence-corrected chi connectivity index (χ1v) is 6.11. The molecular formula is C13H19N3O2. The molecule has 1 amide bonds. The average molecular weight is 249 g/mol. The average Bonchev–Trinajstić information content (AvgIpc) is 2.38. The van der Waals surface area contributed by atoms with Crippen molar-refractivity contribution in [2.45, 2.75) is 25.7 Å². The van der Waals surface area contributed by atoms with Gasteiger partial charge in [-0.3, -0.25) is 15.1 Å². The number of nitrogens with zero attached hydrogens (tertiary/aromatic N) is 1. The number of morpholine rings is 1. The maximum absolute atomic E-state index is 11.5. The van der Waals surface area contributed by atoms with Crippen LogP contribution in [0.4, 0.5) is 0 Å². The van der Waals surface area contributed by atoms with E-state index < -0.39 is 6.10 Å². The zero-order valence-electron chi connectivity index (χ0n) is 10.5. The molecule has 0 unspecified atom stereocenters. The molecule has 2 atom stereocenters. The van der Waals surface area contributed by atoms with Gasteiger partial charge in [-0.1, -0.05) is 30.3 Å². The Morgan fingerprint density at radius 1 is 1.44 bits per heavy atom. The molecule has 1 heterocycles. The van der Waals surface area contributed by atoms with E-state index in [0.717, 1.165) is 13.1 Å². The number of hydrogen-bond donors (Lipinski definition) is 2. The fraction of sp³-hybridized carbons (Fsp3) is 0.462. The number of nitrogens with two attached hydrogens (primary N) is 1. The number of hydrazine groups is 1. The Morgan fingerprint density at radius 2 is 2.17 bits per heavy atom. The van der Waals surface area contributed by atoms with Crippen LogP contribution in [0.5, 0.6) is 0 Å². The van der Waals surface area contributed by atoms with Gasteiger partial charge < -0.3 is 4.74 Å². The molecule has 0 saturated carbocycles. The van der Waals surface area contributed by atoms with Gasteiger partial charge in [-0.25, -0.2) is 5.84 Å². The number of nitrogens with one attached hydrogen (secondary N) is 1. The van der Waals surface area contributed by atoms with Gasteiger partial charge in [0, 0.05) is 19.6 Å². The number of amides is 1. The zero-order chi connectivity index (χ0) is 13.0. The third-order valence-corrected chi connectivity index (χ3v) is 3.02. The number of hydrogen-bond acceptors (Lipinski definition) is 4. The lowest BCUT2D eigenvalue weighted by atomic mass is 10.1. The van der Waals surface area contributed by atoms with E-state index in [1.54, 1.807) is 0 Å². The number of carbonyl (C=O) groups is 1. The summed E-state index contributed by atoms with van der Waals surface area (Å²) >= 11 is 0. The van der Waals surface area contributed by atoms with Crippen LogP contribution in [-0.4, -0.2) is 36.1 Å². The van der Waals surface area contributed by atoms with Crippen LogP contribution in [0.1, 0.15) is 12.5 Å². The summed E-state index contributed by atoms with van der Waals surface area (Å²) in [6.45, 7) is 4.18. The van der Waals surface area contributed by atoms with E-state index in [2.05, 4.69) is 22.5 Å². The van der Waals surface area contributed by atoms with Crippen molar-refractivity contribution in [2.75, 3.05) is 13.1 Å². The van der Waals surface area contributed by atoms with Gasteiger partial charge in [-0.2, -0.15) is 0 Å². The van der Waals surface area contributed by atoms with Crippen LogP contribution in [0.3, 0.4) is 0 Å². The molecule has 5 heteroatoms. The quantitative estimate of drug-likeness (QED) is 0.458. The molecule has 0 spiro atoms. The molecule has 0 bridgehead atoms. The van der Waals surface area contributed by atoms with Crippen molar-refractivity contribution in [3.63, 3.8) is 0 Å². The molecule has 0 radical (unpaired) electrons. The first kappa shape index (κ1) is 13.0. The van der Waals surface area contributed by atoms with Gasteiger partial charge in [0.25, 0.3) is 5.91 Å². The maximum Gasteiger partial charge on any atom is 0.264 e. The van der Waals surface area contributed by atoms with Crippen LogP contribution in [0, 0.1) is 0 Å². The Bertz CT molecular complexity index is 396. The highest BCUT2D eigenvalue weighted by Crippen LogP contribution is 2.14. The van der Waals surface area contributed by atoms with Gasteiger partial charge in [0.05, 0.1) is 6.10 Å². The number of rotatable bonds is 3. The van der Waals surface area contributed by atoms with Crippen LogP contribution < -0.4 is 11.3 Å². The van der Waals surface area contributed by atoms with Crippen molar-refractivity contribution in [3.05, 3.63) is 35.9 Å². The summed E-state index contributed by atoms with van der Waals surface area (Å²) < 4.78 is 5.57. The standard InChI is InChI=1S/C13H19N3O2/c1-10-7-16(8-11-5-3-2-4-6-11)9-12(18-10)13(17)15-14/h2-6,10,12H,7-9,14H2,1H3,(H,15,17)/t10-,12-/m0/s1. The summed E-state index contributed by atoms with van der Waals surface area (Å²) in [7, 11) is 0. The molecule has 1 saturated heterocycles. The largest absolute Gasteiger partial charge is 0.363 e. The third-order valence-electron chi connectivity index (χ3n) is 3.02. The lowest BCUT2D eigenvalue weighted by Gasteiger charge is -2.35. The van der Waals surface area contributed by atoms with Crippen molar-refractivity contribution < 1.29 is 9.53 Å². The van der Waals surface area contributed by atoms with Crippen molar-refractivity contribution in [1.29, 1.82) is 0 Å². The lowest BCUT2D eigenvalue weighted by molar-refractivity contribution is -0.146. The maximum atomic E-state index is 11.5. The molecule has 3 N–H and O–H groups in total. The summed E-state index contributed by atoms with van der Waals surface area (Å²) in [5, 5.41) is 0. The van der Waals surface area contributed by atoms with E-state index in [1.165, 1.54) is 5.56 Å². The first-order valence-electron chi connectivity index (χ1n) is 6.11. The fourth-order valence-electron chi connectivity index (χ4n) is 2.25. The van der Waals surface area contributed by atoms with Gasteiger partial charge in [-0.15, -0.1) is 0 Å². The minimum Gasteiger partial charge on any atom is -0.363 e. The van der Waals surface area contributed by atoms with Crippen LogP contribution in [0.2, 0.25) is 0 Å². The molecular weight excluding hydrogens is 230 g/mol. The highest BCUT2D eigenvalue weighted by Gasteiger charge is 2.29. The van der Waals surface area contributed by atoms with Gasteiger partial charge in [-0.05, 0) is 12.5 Å². The summed E-state index contributed by atoms with van der Waals surface area (Å²) in [6, 6.07) is 10.2. The molecule has 1 aromatic rings. The molecule has 1 aromatic carbocycles. The van der Waals surface area contributed by atoms with E-state index in [1.807, 2.05) is 25.1 Å². The second-order valence-electron chi connectivity index (χ2n) is 4.62. The number of ether oxygens (including phenoxy) is 1.